The lowest BCUT2D eigenvalue weighted by atomic mass is 10.2. The topological polar surface area (TPSA) is 35.0 Å². The lowest BCUT2D eigenvalue weighted by molar-refractivity contribution is 0.293. The summed E-state index contributed by atoms with van der Waals surface area (Å²) < 4.78 is 5.43. The van der Waals surface area contributed by atoms with Crippen molar-refractivity contribution in [1.29, 1.82) is 0 Å². The Labute approximate surface area is 103 Å². The Morgan fingerprint density at radius 1 is 1.12 bits per heavy atom. The van der Waals surface area contributed by atoms with Gasteiger partial charge in [-0.2, -0.15) is 0 Å². The maximum Gasteiger partial charge on any atom is 0.218 e. The number of ether oxygens (including phenoxy) is 1. The van der Waals surface area contributed by atoms with E-state index < -0.39 is 0 Å². The van der Waals surface area contributed by atoms with Crippen molar-refractivity contribution in [3.8, 4) is 5.88 Å². The third-order valence-electron chi connectivity index (χ3n) is 1.94. The molecule has 5 heteroatoms. The fraction of sp³-hybridized carbons (Fsp3) is 0.0909. The summed E-state index contributed by atoms with van der Waals surface area (Å²) in [5.41, 5.74) is 0.902. The molecule has 0 amide bonds. The number of benzene rings is 1. The van der Waals surface area contributed by atoms with Gasteiger partial charge in [-0.15, -0.1) is 0 Å². The van der Waals surface area contributed by atoms with Crippen molar-refractivity contribution in [2.24, 2.45) is 0 Å². The second-order valence-corrected chi connectivity index (χ2v) is 3.85. The zero-order valence-corrected chi connectivity index (χ0v) is 9.74. The van der Waals surface area contributed by atoms with Gasteiger partial charge in [-0.25, -0.2) is 9.97 Å². The summed E-state index contributed by atoms with van der Waals surface area (Å²) in [6.45, 7) is 0.354. The van der Waals surface area contributed by atoms with E-state index in [1.54, 1.807) is 6.07 Å². The van der Waals surface area contributed by atoms with Crippen LogP contribution in [0.4, 0.5) is 0 Å². The normalized spacial score (nSPS) is 10.1. The van der Waals surface area contributed by atoms with Crippen molar-refractivity contribution in [2.75, 3.05) is 0 Å². The molecule has 82 valence electrons. The van der Waals surface area contributed by atoms with Gasteiger partial charge in [0.1, 0.15) is 18.1 Å². The lowest BCUT2D eigenvalue weighted by Gasteiger charge is -2.06. The van der Waals surface area contributed by atoms with E-state index in [1.165, 1.54) is 6.33 Å². The van der Waals surface area contributed by atoms with Crippen LogP contribution >= 0.6 is 23.2 Å². The third-order valence-corrected chi connectivity index (χ3v) is 2.52. The molecular formula is C11H8Cl2N2O. The molecule has 0 radical (unpaired) electrons. The van der Waals surface area contributed by atoms with Gasteiger partial charge in [-0.3, -0.25) is 0 Å². The highest BCUT2D eigenvalue weighted by molar-refractivity contribution is 6.31. The van der Waals surface area contributed by atoms with Crippen LogP contribution in [0.5, 0.6) is 5.88 Å². The van der Waals surface area contributed by atoms with Crippen LogP contribution in [0.15, 0.2) is 36.7 Å². The summed E-state index contributed by atoms with van der Waals surface area (Å²) in [6.07, 6.45) is 1.35. The molecule has 1 heterocycles. The number of hydrogen-bond acceptors (Lipinski definition) is 3. The van der Waals surface area contributed by atoms with Crippen LogP contribution in [-0.2, 0) is 6.61 Å². The monoisotopic (exact) mass is 254 g/mol. The van der Waals surface area contributed by atoms with Gasteiger partial charge in [0.2, 0.25) is 5.88 Å². The van der Waals surface area contributed by atoms with E-state index in [2.05, 4.69) is 9.97 Å². The molecule has 0 saturated heterocycles. The van der Waals surface area contributed by atoms with E-state index in [0.29, 0.717) is 22.7 Å². The Bertz CT molecular complexity index is 491. The quantitative estimate of drug-likeness (QED) is 0.789. The van der Waals surface area contributed by atoms with E-state index in [9.17, 15) is 0 Å². The Balaban J connectivity index is 2.05. The molecule has 0 aliphatic carbocycles. The molecular weight excluding hydrogens is 247 g/mol. The summed E-state index contributed by atoms with van der Waals surface area (Å²) in [7, 11) is 0. The van der Waals surface area contributed by atoms with Gasteiger partial charge >= 0.3 is 0 Å². The molecule has 0 saturated carbocycles. The van der Waals surface area contributed by atoms with E-state index in [-0.39, 0.29) is 0 Å². The molecule has 2 rings (SSSR count). The molecule has 1 aromatic heterocycles. The van der Waals surface area contributed by atoms with E-state index in [1.807, 2.05) is 24.3 Å². The summed E-state index contributed by atoms with van der Waals surface area (Å²) in [6, 6.07) is 9.03. The van der Waals surface area contributed by atoms with Crippen LogP contribution in [0.25, 0.3) is 0 Å². The van der Waals surface area contributed by atoms with Crippen molar-refractivity contribution in [2.45, 2.75) is 6.61 Å². The number of rotatable bonds is 3. The summed E-state index contributed by atoms with van der Waals surface area (Å²) in [5, 5.41) is 1.02. The van der Waals surface area contributed by atoms with Crippen molar-refractivity contribution >= 4 is 23.2 Å². The van der Waals surface area contributed by atoms with Gasteiger partial charge in [0.05, 0.1) is 0 Å². The molecule has 2 aromatic rings. The van der Waals surface area contributed by atoms with Gasteiger partial charge in [0.25, 0.3) is 0 Å². The van der Waals surface area contributed by atoms with Gasteiger partial charge < -0.3 is 4.74 Å². The van der Waals surface area contributed by atoms with Gasteiger partial charge in [0.15, 0.2) is 0 Å². The highest BCUT2D eigenvalue weighted by Gasteiger charge is 2.01. The van der Waals surface area contributed by atoms with Crippen molar-refractivity contribution in [3.63, 3.8) is 0 Å². The molecule has 0 N–H and O–H groups in total. The molecule has 0 fully saturated rings. The minimum atomic E-state index is 0.351. The second-order valence-electron chi connectivity index (χ2n) is 3.06. The first kappa shape index (κ1) is 11.2. The molecule has 0 bridgehead atoms. The second kappa shape index (κ2) is 5.14. The minimum Gasteiger partial charge on any atom is -0.473 e. The number of aromatic nitrogens is 2. The van der Waals surface area contributed by atoms with Crippen LogP contribution in [-0.4, -0.2) is 9.97 Å². The minimum absolute atomic E-state index is 0.351. The van der Waals surface area contributed by atoms with Crippen LogP contribution in [0.2, 0.25) is 10.2 Å². The first-order valence-corrected chi connectivity index (χ1v) is 5.35. The lowest BCUT2D eigenvalue weighted by Crippen LogP contribution is -1.98. The Morgan fingerprint density at radius 2 is 1.94 bits per heavy atom. The highest BCUT2D eigenvalue weighted by atomic mass is 35.5. The maximum absolute atomic E-state index is 5.98. The first-order chi connectivity index (χ1) is 7.75. The first-order valence-electron chi connectivity index (χ1n) is 4.59. The molecule has 0 spiro atoms. The van der Waals surface area contributed by atoms with Gasteiger partial charge in [0, 0.05) is 16.7 Å². The van der Waals surface area contributed by atoms with Crippen molar-refractivity contribution < 1.29 is 4.74 Å². The molecule has 0 atom stereocenters. The number of halogens is 2. The highest BCUT2D eigenvalue weighted by Crippen LogP contribution is 2.18. The molecule has 16 heavy (non-hydrogen) atoms. The van der Waals surface area contributed by atoms with Crippen molar-refractivity contribution in [1.82, 2.24) is 9.97 Å². The van der Waals surface area contributed by atoms with Crippen LogP contribution < -0.4 is 4.74 Å². The van der Waals surface area contributed by atoms with Gasteiger partial charge in [-0.05, 0) is 6.07 Å². The van der Waals surface area contributed by atoms with Crippen LogP contribution in [0.3, 0.4) is 0 Å². The molecule has 3 nitrogen and oxygen atoms in total. The zero-order chi connectivity index (χ0) is 11.4. The smallest absolute Gasteiger partial charge is 0.218 e. The molecule has 0 unspecified atom stereocenters. The fourth-order valence-corrected chi connectivity index (χ4v) is 1.49. The zero-order valence-electron chi connectivity index (χ0n) is 8.23. The van der Waals surface area contributed by atoms with Crippen LogP contribution in [0.1, 0.15) is 5.56 Å². The summed E-state index contributed by atoms with van der Waals surface area (Å²) in [5.74, 6) is 0.430. The van der Waals surface area contributed by atoms with Crippen molar-refractivity contribution in [3.05, 3.63) is 52.4 Å². The predicted octanol–water partition coefficient (Wildman–Crippen LogP) is 3.36. The Kier molecular flexibility index (Phi) is 3.59. The molecule has 0 aliphatic heterocycles. The number of nitrogens with zero attached hydrogens (tertiary/aromatic N) is 2. The standard InChI is InChI=1S/C11H8Cl2N2O/c12-9-4-2-1-3-8(9)6-16-11-5-10(13)14-7-15-11/h1-5,7H,6H2. The SMILES string of the molecule is Clc1cc(OCc2ccccc2Cl)ncn1. The summed E-state index contributed by atoms with van der Waals surface area (Å²) >= 11 is 11.7. The van der Waals surface area contributed by atoms with Crippen LogP contribution in [0, 0.1) is 0 Å². The largest absolute Gasteiger partial charge is 0.473 e. The predicted molar refractivity (Wildman–Crippen MR) is 62.8 cm³/mol. The van der Waals surface area contributed by atoms with E-state index >= 15 is 0 Å². The van der Waals surface area contributed by atoms with Gasteiger partial charge in [-0.1, -0.05) is 41.4 Å². The van der Waals surface area contributed by atoms with E-state index in [0.717, 1.165) is 5.56 Å². The fourth-order valence-electron chi connectivity index (χ4n) is 1.16. The van der Waals surface area contributed by atoms with E-state index in [4.69, 9.17) is 27.9 Å². The average molecular weight is 255 g/mol. The Morgan fingerprint density at radius 3 is 2.69 bits per heavy atom. The molecule has 1 aromatic carbocycles. The third kappa shape index (κ3) is 2.84. The average Bonchev–Trinajstić information content (AvgIpc) is 2.28. The maximum atomic E-state index is 5.98. The number of hydrogen-bond donors (Lipinski definition) is 0. The Hall–Kier alpha value is -1.32. The summed E-state index contributed by atoms with van der Waals surface area (Å²) in [4.78, 5) is 7.68. The molecule has 0 aliphatic rings.